The van der Waals surface area contributed by atoms with Crippen molar-refractivity contribution in [3.8, 4) is 0 Å². The minimum absolute atomic E-state index is 0.125. The number of carbonyl (C=O) groups excluding carboxylic acids is 1. The van der Waals surface area contributed by atoms with E-state index >= 15 is 0 Å². The summed E-state index contributed by atoms with van der Waals surface area (Å²) in [6.07, 6.45) is 0.531. The van der Waals surface area contributed by atoms with E-state index in [1.165, 1.54) is 0 Å². The maximum Gasteiger partial charge on any atom is 0.251 e. The van der Waals surface area contributed by atoms with Crippen LogP contribution in [-0.4, -0.2) is 28.3 Å². The van der Waals surface area contributed by atoms with Crippen molar-refractivity contribution in [1.82, 2.24) is 15.1 Å². The fourth-order valence-corrected chi connectivity index (χ4v) is 3.55. The summed E-state index contributed by atoms with van der Waals surface area (Å²) in [5.41, 5.74) is 4.42. The highest BCUT2D eigenvalue weighted by atomic mass is 19.1. The van der Waals surface area contributed by atoms with Crippen molar-refractivity contribution >= 4 is 5.91 Å². The molecule has 0 saturated carbocycles. The summed E-state index contributed by atoms with van der Waals surface area (Å²) in [6.45, 7) is 7.88. The Morgan fingerprint density at radius 3 is 2.48 bits per heavy atom. The van der Waals surface area contributed by atoms with Gasteiger partial charge in [0.25, 0.3) is 5.91 Å². The third-order valence-electron chi connectivity index (χ3n) is 4.96. The monoisotopic (exact) mass is 345 g/mol. The van der Waals surface area contributed by atoms with Gasteiger partial charge in [-0.15, -0.1) is 0 Å². The predicted octanol–water partition coefficient (Wildman–Crippen LogP) is 3.05. The van der Waals surface area contributed by atoms with Gasteiger partial charge in [0.15, 0.2) is 0 Å². The van der Waals surface area contributed by atoms with Crippen LogP contribution in [0.1, 0.15) is 51.0 Å². The van der Waals surface area contributed by atoms with E-state index in [4.69, 9.17) is 4.74 Å². The second kappa shape index (κ2) is 6.59. The summed E-state index contributed by atoms with van der Waals surface area (Å²) in [6, 6.07) is 3.05. The molecule has 1 aliphatic rings. The third kappa shape index (κ3) is 3.18. The van der Waals surface area contributed by atoms with Crippen molar-refractivity contribution < 1.29 is 13.9 Å². The number of benzene rings is 1. The van der Waals surface area contributed by atoms with Crippen LogP contribution in [0.25, 0.3) is 0 Å². The van der Waals surface area contributed by atoms with Gasteiger partial charge in [-0.05, 0) is 57.4 Å². The minimum atomic E-state index is -0.264. The van der Waals surface area contributed by atoms with Crippen LogP contribution in [0.3, 0.4) is 0 Å². The van der Waals surface area contributed by atoms with Crippen LogP contribution in [0.15, 0.2) is 12.1 Å². The Morgan fingerprint density at radius 1 is 1.28 bits per heavy atom. The highest BCUT2D eigenvalue weighted by Gasteiger charge is 2.34. The fraction of sp³-hybridized carbons (Fsp3) is 0.474. The van der Waals surface area contributed by atoms with Gasteiger partial charge < -0.3 is 10.1 Å². The average molecular weight is 345 g/mol. The molecule has 2 atom stereocenters. The molecule has 0 unspecified atom stereocenters. The van der Waals surface area contributed by atoms with E-state index < -0.39 is 0 Å². The Bertz CT molecular complexity index is 805. The van der Waals surface area contributed by atoms with E-state index in [-0.39, 0.29) is 23.9 Å². The first kappa shape index (κ1) is 17.6. The number of ether oxygens (including phenoxy) is 1. The summed E-state index contributed by atoms with van der Waals surface area (Å²) >= 11 is 0. The van der Waals surface area contributed by atoms with Gasteiger partial charge in [0, 0.05) is 30.5 Å². The van der Waals surface area contributed by atoms with Gasteiger partial charge >= 0.3 is 0 Å². The van der Waals surface area contributed by atoms with Crippen LogP contribution in [0.2, 0.25) is 0 Å². The summed E-state index contributed by atoms with van der Waals surface area (Å²) in [5, 5.41) is 7.50. The molecule has 2 aromatic rings. The Hall–Kier alpha value is -2.21. The number of nitrogens with one attached hydrogen (secondary N) is 1. The Morgan fingerprint density at radius 2 is 1.92 bits per heavy atom. The van der Waals surface area contributed by atoms with Gasteiger partial charge in [0.05, 0.1) is 11.7 Å². The molecule has 0 spiro atoms. The lowest BCUT2D eigenvalue weighted by molar-refractivity contribution is 0.0817. The number of aromatic nitrogens is 2. The lowest BCUT2D eigenvalue weighted by Crippen LogP contribution is -2.37. The summed E-state index contributed by atoms with van der Waals surface area (Å²) < 4.78 is 21.5. The van der Waals surface area contributed by atoms with Crippen LogP contribution in [0, 0.1) is 33.5 Å². The van der Waals surface area contributed by atoms with Crippen molar-refractivity contribution in [2.75, 3.05) is 6.61 Å². The molecule has 0 aliphatic carbocycles. The first-order chi connectivity index (χ1) is 11.8. The van der Waals surface area contributed by atoms with E-state index in [0.717, 1.165) is 23.4 Å². The number of rotatable bonds is 3. The molecule has 1 aromatic carbocycles. The molecule has 6 heteroatoms. The Labute approximate surface area is 147 Å². The average Bonchev–Trinajstić information content (AvgIpc) is 3.09. The van der Waals surface area contributed by atoms with Gasteiger partial charge in [0.2, 0.25) is 0 Å². The van der Waals surface area contributed by atoms with E-state index in [2.05, 4.69) is 10.4 Å². The lowest BCUT2D eigenvalue weighted by atomic mass is 9.99. The normalized spacial score (nSPS) is 20.1. The zero-order valence-corrected chi connectivity index (χ0v) is 15.3. The van der Waals surface area contributed by atoms with Gasteiger partial charge in [-0.2, -0.15) is 5.10 Å². The molecule has 25 heavy (non-hydrogen) atoms. The Balaban J connectivity index is 1.83. The molecule has 0 bridgehead atoms. The zero-order valence-electron chi connectivity index (χ0n) is 15.3. The van der Waals surface area contributed by atoms with E-state index in [9.17, 15) is 9.18 Å². The van der Waals surface area contributed by atoms with Gasteiger partial charge in [-0.3, -0.25) is 9.48 Å². The highest BCUT2D eigenvalue weighted by Crippen LogP contribution is 2.33. The molecule has 1 saturated heterocycles. The summed E-state index contributed by atoms with van der Waals surface area (Å²) in [5.74, 6) is -0.467. The van der Waals surface area contributed by atoms with Crippen molar-refractivity contribution in [2.24, 2.45) is 7.05 Å². The predicted molar refractivity (Wildman–Crippen MR) is 93.1 cm³/mol. The largest absolute Gasteiger partial charge is 0.371 e. The SMILES string of the molecule is Cc1cc(C(=O)N[C@@H]2CCO[C@H]2c2c(C)nn(C)c2C)cc(C)c1F. The Kier molecular flexibility index (Phi) is 4.64. The van der Waals surface area contributed by atoms with E-state index in [1.807, 2.05) is 25.6 Å². The zero-order chi connectivity index (χ0) is 18.3. The van der Waals surface area contributed by atoms with Crippen LogP contribution in [-0.2, 0) is 11.8 Å². The fourth-order valence-electron chi connectivity index (χ4n) is 3.55. The van der Waals surface area contributed by atoms with Crippen molar-refractivity contribution in [2.45, 2.75) is 46.3 Å². The van der Waals surface area contributed by atoms with Crippen LogP contribution >= 0.6 is 0 Å². The number of nitrogens with zero attached hydrogens (tertiary/aromatic N) is 2. The number of amides is 1. The molecule has 0 radical (unpaired) electrons. The lowest BCUT2D eigenvalue weighted by Gasteiger charge is -2.21. The molecule has 1 N–H and O–H groups in total. The van der Waals surface area contributed by atoms with E-state index in [1.54, 1.807) is 26.0 Å². The maximum absolute atomic E-state index is 13.8. The second-order valence-corrected chi connectivity index (χ2v) is 6.79. The maximum atomic E-state index is 13.8. The van der Waals surface area contributed by atoms with Crippen LogP contribution < -0.4 is 5.32 Å². The topological polar surface area (TPSA) is 56.1 Å². The number of halogens is 1. The molecule has 134 valence electrons. The van der Waals surface area contributed by atoms with Crippen molar-refractivity contribution in [3.63, 3.8) is 0 Å². The third-order valence-corrected chi connectivity index (χ3v) is 4.96. The minimum Gasteiger partial charge on any atom is -0.371 e. The summed E-state index contributed by atoms with van der Waals surface area (Å²) in [4.78, 5) is 12.7. The van der Waals surface area contributed by atoms with Gasteiger partial charge in [-0.1, -0.05) is 0 Å². The molecule has 2 heterocycles. The first-order valence-electron chi connectivity index (χ1n) is 8.49. The van der Waals surface area contributed by atoms with Gasteiger partial charge in [-0.25, -0.2) is 4.39 Å². The molecule has 1 amide bonds. The standard InChI is InChI=1S/C19H24FN3O2/c1-10-8-14(9-11(2)17(10)20)19(24)21-15-6-7-25-18(15)16-12(3)22-23(5)13(16)4/h8-9,15,18H,6-7H2,1-5H3,(H,21,24)/t15-,18-/m1/s1. The molecule has 3 rings (SSSR count). The van der Waals surface area contributed by atoms with Crippen LogP contribution in [0.5, 0.6) is 0 Å². The summed E-state index contributed by atoms with van der Waals surface area (Å²) in [7, 11) is 1.90. The number of carbonyl (C=O) groups is 1. The van der Waals surface area contributed by atoms with Gasteiger partial charge in [0.1, 0.15) is 11.9 Å². The smallest absolute Gasteiger partial charge is 0.251 e. The quantitative estimate of drug-likeness (QED) is 0.930. The number of hydrogen-bond donors (Lipinski definition) is 1. The number of hydrogen-bond acceptors (Lipinski definition) is 3. The van der Waals surface area contributed by atoms with Crippen molar-refractivity contribution in [1.29, 1.82) is 0 Å². The van der Waals surface area contributed by atoms with Crippen molar-refractivity contribution in [3.05, 3.63) is 51.6 Å². The first-order valence-corrected chi connectivity index (χ1v) is 8.49. The molecule has 5 nitrogen and oxygen atoms in total. The van der Waals surface area contributed by atoms with E-state index in [0.29, 0.717) is 23.3 Å². The molecular weight excluding hydrogens is 321 g/mol. The molecule has 1 aliphatic heterocycles. The molecule has 1 fully saturated rings. The number of aryl methyl sites for hydroxylation is 4. The second-order valence-electron chi connectivity index (χ2n) is 6.79. The molecular formula is C19H24FN3O2. The highest BCUT2D eigenvalue weighted by molar-refractivity contribution is 5.94. The molecule has 1 aromatic heterocycles. The van der Waals surface area contributed by atoms with Crippen LogP contribution in [0.4, 0.5) is 4.39 Å².